The Hall–Kier alpha value is -2.91. The fourth-order valence-electron chi connectivity index (χ4n) is 5.02. The van der Waals surface area contributed by atoms with Gasteiger partial charge in [0.05, 0.1) is 25.7 Å². The quantitative estimate of drug-likeness (QED) is 0.393. The Morgan fingerprint density at radius 1 is 1.09 bits per heavy atom. The number of carbonyl (C=O) groups is 1. The fraction of sp³-hybridized carbons (Fsp3) is 0.500. The predicted octanol–water partition coefficient (Wildman–Crippen LogP) is 5.78. The van der Waals surface area contributed by atoms with Crippen molar-refractivity contribution in [1.82, 2.24) is 4.90 Å². The van der Waals surface area contributed by atoms with Crippen LogP contribution in [0, 0.1) is 23.1 Å². The number of ether oxygens (including phenoxy) is 2. The van der Waals surface area contributed by atoms with E-state index in [1.807, 2.05) is 18.2 Å². The molecule has 1 heterocycles. The van der Waals surface area contributed by atoms with Crippen molar-refractivity contribution >= 4 is 5.78 Å². The van der Waals surface area contributed by atoms with Crippen molar-refractivity contribution in [2.24, 2.45) is 5.92 Å². The van der Waals surface area contributed by atoms with Gasteiger partial charge in [0.25, 0.3) is 0 Å². The average Bonchev–Trinajstić information content (AvgIpc) is 2.88. The summed E-state index contributed by atoms with van der Waals surface area (Å²) in [6.07, 6.45) is 4.99. The SMILES string of the molecule is CCCC(C#N)(CCCN1CCC(C(=O)c2ccc(F)cc2)CC1)c1ccc(OC)c(OC)c1. The van der Waals surface area contributed by atoms with Crippen LogP contribution in [0.3, 0.4) is 0 Å². The number of carbonyl (C=O) groups excluding carboxylic acids is 1. The van der Waals surface area contributed by atoms with Gasteiger partial charge in [-0.1, -0.05) is 19.4 Å². The number of nitrogens with zero attached hydrogens (tertiary/aromatic N) is 2. The normalized spacial score (nSPS) is 16.4. The third-order valence-corrected chi connectivity index (χ3v) is 6.99. The van der Waals surface area contributed by atoms with Gasteiger partial charge >= 0.3 is 0 Å². The van der Waals surface area contributed by atoms with Crippen LogP contribution in [0.15, 0.2) is 42.5 Å². The molecule has 34 heavy (non-hydrogen) atoms. The van der Waals surface area contributed by atoms with Crippen LogP contribution in [0.5, 0.6) is 11.5 Å². The highest BCUT2D eigenvalue weighted by molar-refractivity contribution is 5.97. The molecule has 2 aromatic rings. The second kappa shape index (κ2) is 12.0. The van der Waals surface area contributed by atoms with Gasteiger partial charge in [0, 0.05) is 11.5 Å². The third-order valence-electron chi connectivity index (χ3n) is 6.99. The molecule has 3 rings (SSSR count). The van der Waals surface area contributed by atoms with Crippen molar-refractivity contribution in [3.63, 3.8) is 0 Å². The number of ketones is 1. The van der Waals surface area contributed by atoms with E-state index in [0.717, 1.165) is 63.7 Å². The van der Waals surface area contributed by atoms with Crippen LogP contribution in [0.2, 0.25) is 0 Å². The molecule has 0 aliphatic carbocycles. The molecule has 0 saturated carbocycles. The number of benzene rings is 2. The Kier molecular flexibility index (Phi) is 9.06. The van der Waals surface area contributed by atoms with E-state index >= 15 is 0 Å². The van der Waals surface area contributed by atoms with Crippen LogP contribution < -0.4 is 9.47 Å². The second-order valence-electron chi connectivity index (χ2n) is 9.10. The van der Waals surface area contributed by atoms with Gasteiger partial charge in [-0.25, -0.2) is 4.39 Å². The molecule has 0 spiro atoms. The minimum atomic E-state index is -0.564. The van der Waals surface area contributed by atoms with Crippen molar-refractivity contribution in [2.45, 2.75) is 50.9 Å². The maximum atomic E-state index is 13.2. The third kappa shape index (κ3) is 5.95. The first-order chi connectivity index (χ1) is 16.5. The van der Waals surface area contributed by atoms with E-state index in [1.54, 1.807) is 26.4 Å². The standard InChI is InChI=1S/C28H35FN2O3/c1-4-14-28(20-30,23-8-11-25(33-2)26(19-23)34-3)15-5-16-31-17-12-22(13-18-31)27(32)21-6-9-24(29)10-7-21/h6-11,19,22H,4-5,12-18H2,1-3H3. The van der Waals surface area contributed by atoms with Crippen LogP contribution in [0.25, 0.3) is 0 Å². The smallest absolute Gasteiger partial charge is 0.166 e. The molecule has 1 saturated heterocycles. The van der Waals surface area contributed by atoms with Crippen LogP contribution in [-0.4, -0.2) is 44.5 Å². The average molecular weight is 467 g/mol. The highest BCUT2D eigenvalue weighted by atomic mass is 19.1. The molecule has 0 aromatic heterocycles. The van der Waals surface area contributed by atoms with Crippen molar-refractivity contribution in [3.05, 3.63) is 59.4 Å². The number of methoxy groups -OCH3 is 2. The Balaban J connectivity index is 1.58. The molecule has 5 nitrogen and oxygen atoms in total. The molecule has 0 bridgehead atoms. The predicted molar refractivity (Wildman–Crippen MR) is 131 cm³/mol. The summed E-state index contributed by atoms with van der Waals surface area (Å²) in [5.41, 5.74) is 0.997. The summed E-state index contributed by atoms with van der Waals surface area (Å²) >= 11 is 0. The van der Waals surface area contributed by atoms with Crippen molar-refractivity contribution in [1.29, 1.82) is 5.26 Å². The van der Waals surface area contributed by atoms with Gasteiger partial charge in [0.15, 0.2) is 17.3 Å². The number of Topliss-reactive ketones (excluding diaryl/α,β-unsaturated/α-hetero) is 1. The minimum Gasteiger partial charge on any atom is -0.493 e. The van der Waals surface area contributed by atoms with Gasteiger partial charge < -0.3 is 14.4 Å². The molecule has 0 radical (unpaired) electrons. The number of hydrogen-bond acceptors (Lipinski definition) is 5. The summed E-state index contributed by atoms with van der Waals surface area (Å²) in [5, 5.41) is 10.2. The maximum absolute atomic E-state index is 13.2. The molecule has 1 fully saturated rings. The molecule has 1 aliphatic rings. The summed E-state index contributed by atoms with van der Waals surface area (Å²) in [6.45, 7) is 4.73. The van der Waals surface area contributed by atoms with E-state index in [4.69, 9.17) is 9.47 Å². The van der Waals surface area contributed by atoms with Crippen LogP contribution >= 0.6 is 0 Å². The number of nitriles is 1. The van der Waals surface area contributed by atoms with Crippen molar-refractivity contribution < 1.29 is 18.7 Å². The first-order valence-electron chi connectivity index (χ1n) is 12.1. The zero-order valence-electron chi connectivity index (χ0n) is 20.5. The van der Waals surface area contributed by atoms with Crippen LogP contribution in [0.1, 0.15) is 61.4 Å². The van der Waals surface area contributed by atoms with E-state index in [-0.39, 0.29) is 17.5 Å². The molecule has 1 unspecified atom stereocenters. The fourth-order valence-corrected chi connectivity index (χ4v) is 5.02. The zero-order valence-corrected chi connectivity index (χ0v) is 20.5. The van der Waals surface area contributed by atoms with E-state index in [1.165, 1.54) is 12.1 Å². The van der Waals surface area contributed by atoms with Gasteiger partial charge in [0.1, 0.15) is 5.82 Å². The molecule has 2 aromatic carbocycles. The number of halogens is 1. The van der Waals surface area contributed by atoms with E-state index in [2.05, 4.69) is 17.9 Å². The monoisotopic (exact) mass is 466 g/mol. The summed E-state index contributed by atoms with van der Waals surface area (Å²) in [6, 6.07) is 14.2. The molecular weight excluding hydrogens is 431 g/mol. The topological polar surface area (TPSA) is 62.6 Å². The van der Waals surface area contributed by atoms with Gasteiger partial charge in [-0.05, 0) is 93.7 Å². The Bertz CT molecular complexity index is 994. The lowest BCUT2D eigenvalue weighted by Gasteiger charge is -2.33. The lowest BCUT2D eigenvalue weighted by molar-refractivity contribution is 0.0838. The first kappa shape index (κ1) is 25.7. The molecule has 182 valence electrons. The molecule has 1 aliphatic heterocycles. The number of hydrogen-bond donors (Lipinski definition) is 0. The number of piperidine rings is 1. The Labute approximate surface area is 202 Å². The van der Waals surface area contributed by atoms with Crippen LogP contribution in [0.4, 0.5) is 4.39 Å². The van der Waals surface area contributed by atoms with Gasteiger partial charge in [0.2, 0.25) is 0 Å². The van der Waals surface area contributed by atoms with Gasteiger partial charge in [-0.2, -0.15) is 5.26 Å². The first-order valence-corrected chi connectivity index (χ1v) is 12.1. The van der Waals surface area contributed by atoms with E-state index in [9.17, 15) is 14.4 Å². The molecule has 1 atom stereocenters. The number of rotatable bonds is 11. The maximum Gasteiger partial charge on any atom is 0.166 e. The summed E-state index contributed by atoms with van der Waals surface area (Å²) in [5.74, 6) is 1.08. The Morgan fingerprint density at radius 2 is 1.76 bits per heavy atom. The lowest BCUT2D eigenvalue weighted by Crippen LogP contribution is -2.37. The molecular formula is C28H35FN2O3. The Morgan fingerprint density at radius 3 is 2.35 bits per heavy atom. The van der Waals surface area contributed by atoms with Crippen molar-refractivity contribution in [3.8, 4) is 17.6 Å². The van der Waals surface area contributed by atoms with E-state index in [0.29, 0.717) is 17.1 Å². The molecule has 0 amide bonds. The summed E-state index contributed by atoms with van der Waals surface area (Å²) in [7, 11) is 3.22. The van der Waals surface area contributed by atoms with E-state index < -0.39 is 5.41 Å². The minimum absolute atomic E-state index is 0.00762. The summed E-state index contributed by atoms with van der Waals surface area (Å²) < 4.78 is 24.0. The molecule has 6 heteroatoms. The van der Waals surface area contributed by atoms with Crippen LogP contribution in [-0.2, 0) is 5.41 Å². The van der Waals surface area contributed by atoms with Gasteiger partial charge in [-0.15, -0.1) is 0 Å². The van der Waals surface area contributed by atoms with Gasteiger partial charge in [-0.3, -0.25) is 4.79 Å². The zero-order chi connectivity index (χ0) is 24.6. The second-order valence-corrected chi connectivity index (χ2v) is 9.10. The number of likely N-dealkylation sites (tertiary alicyclic amines) is 1. The largest absolute Gasteiger partial charge is 0.493 e. The highest BCUT2D eigenvalue weighted by Gasteiger charge is 2.33. The summed E-state index contributed by atoms with van der Waals surface area (Å²) in [4.78, 5) is 15.1. The molecule has 0 N–H and O–H groups in total. The van der Waals surface area contributed by atoms with Crippen molar-refractivity contribution in [2.75, 3.05) is 33.9 Å². The lowest BCUT2D eigenvalue weighted by atomic mass is 9.74. The highest BCUT2D eigenvalue weighted by Crippen LogP contribution is 2.38.